The highest BCUT2D eigenvalue weighted by atomic mass is 79.9. The molecule has 160 valence electrons. The fourth-order valence-electron chi connectivity index (χ4n) is 5.83. The summed E-state index contributed by atoms with van der Waals surface area (Å²) in [6.07, 6.45) is 0.687. The van der Waals surface area contributed by atoms with Gasteiger partial charge < -0.3 is 9.47 Å². The molecule has 1 spiro atoms. The number of benzene rings is 1. The number of fused-ring (bicyclic) bond motifs is 2. The Bertz CT molecular complexity index is 1090. The van der Waals surface area contributed by atoms with Crippen LogP contribution in [0.3, 0.4) is 0 Å². The van der Waals surface area contributed by atoms with Crippen molar-refractivity contribution in [3.63, 3.8) is 0 Å². The van der Waals surface area contributed by atoms with Gasteiger partial charge in [-0.15, -0.1) is 0 Å². The molecular weight excluding hydrogens is 474 g/mol. The molecule has 4 aliphatic heterocycles. The van der Waals surface area contributed by atoms with E-state index in [1.54, 1.807) is 30.0 Å². The Labute approximate surface area is 183 Å². The Kier molecular flexibility index (Phi) is 4.42. The van der Waals surface area contributed by atoms with Crippen LogP contribution in [-0.2, 0) is 24.3 Å². The standard InChI is InChI=1S/C20H22BrN3O5S/c1-3-30(26,27)23-14-9-20-6-7-28-18-16(20)15(19(14,2)29-20)17(25)24(18)12-5-4-11(10-22)13(21)8-12/h4-5,8,14-16,18,23H,3,6-7,9H2,1-2H3/t14-,15+,16-,18-,19+,20?/m0/s1. The molecule has 1 N–H and O–H groups in total. The van der Waals surface area contributed by atoms with Gasteiger partial charge in [0.25, 0.3) is 0 Å². The predicted molar refractivity (Wildman–Crippen MR) is 111 cm³/mol. The Morgan fingerprint density at radius 2 is 2.20 bits per heavy atom. The number of nitrogens with zero attached hydrogens (tertiary/aromatic N) is 2. The maximum Gasteiger partial charge on any atom is 0.235 e. The predicted octanol–water partition coefficient (Wildman–Crippen LogP) is 1.89. The number of hydrogen-bond acceptors (Lipinski definition) is 6. The molecule has 4 fully saturated rings. The van der Waals surface area contributed by atoms with Gasteiger partial charge in [0.05, 0.1) is 41.1 Å². The van der Waals surface area contributed by atoms with Crippen molar-refractivity contribution in [2.75, 3.05) is 17.3 Å². The molecule has 4 heterocycles. The number of nitrogens with one attached hydrogen (secondary N) is 1. The minimum Gasteiger partial charge on any atom is -0.366 e. The third-order valence-electron chi connectivity index (χ3n) is 7.18. The number of carbonyl (C=O) groups is 1. The molecule has 1 amide bonds. The van der Waals surface area contributed by atoms with E-state index in [0.29, 0.717) is 35.2 Å². The minimum atomic E-state index is -3.44. The summed E-state index contributed by atoms with van der Waals surface area (Å²) >= 11 is 3.40. The maximum atomic E-state index is 13.7. The van der Waals surface area contributed by atoms with E-state index in [1.807, 2.05) is 6.92 Å². The topological polar surface area (TPSA) is 109 Å². The molecule has 0 aromatic heterocycles. The summed E-state index contributed by atoms with van der Waals surface area (Å²) in [5.41, 5.74) is -0.390. The lowest BCUT2D eigenvalue weighted by Gasteiger charge is -2.42. The highest BCUT2D eigenvalue weighted by molar-refractivity contribution is 9.10. The van der Waals surface area contributed by atoms with Gasteiger partial charge in [0.2, 0.25) is 15.9 Å². The van der Waals surface area contributed by atoms with Gasteiger partial charge in [-0.1, -0.05) is 0 Å². The van der Waals surface area contributed by atoms with Gasteiger partial charge in [0.1, 0.15) is 12.3 Å². The average molecular weight is 496 g/mol. The second-order valence-electron chi connectivity index (χ2n) is 8.63. The largest absolute Gasteiger partial charge is 0.366 e. The highest BCUT2D eigenvalue weighted by Gasteiger charge is 2.78. The summed E-state index contributed by atoms with van der Waals surface area (Å²) in [4.78, 5) is 15.3. The molecule has 6 atom stereocenters. The van der Waals surface area contributed by atoms with Gasteiger partial charge in [-0.05, 0) is 54.4 Å². The van der Waals surface area contributed by atoms with Crippen molar-refractivity contribution < 1.29 is 22.7 Å². The van der Waals surface area contributed by atoms with Crippen LogP contribution >= 0.6 is 15.9 Å². The first-order chi connectivity index (χ1) is 14.2. The van der Waals surface area contributed by atoms with Crippen LogP contribution in [-0.4, -0.2) is 50.2 Å². The zero-order valence-electron chi connectivity index (χ0n) is 16.6. The summed E-state index contributed by atoms with van der Waals surface area (Å²) in [7, 11) is -3.44. The lowest BCUT2D eigenvalue weighted by atomic mass is 9.64. The number of amides is 1. The van der Waals surface area contributed by atoms with Crippen LogP contribution in [0, 0.1) is 23.2 Å². The average Bonchev–Trinajstić information content (AvgIpc) is 3.25. The Morgan fingerprint density at radius 3 is 2.87 bits per heavy atom. The van der Waals surface area contributed by atoms with Crippen molar-refractivity contribution in [1.82, 2.24) is 4.72 Å². The molecule has 4 aliphatic rings. The summed E-state index contributed by atoms with van der Waals surface area (Å²) in [6, 6.07) is 6.81. The summed E-state index contributed by atoms with van der Waals surface area (Å²) < 4.78 is 40.5. The van der Waals surface area contributed by atoms with Gasteiger partial charge >= 0.3 is 0 Å². The van der Waals surface area contributed by atoms with Gasteiger partial charge in [-0.2, -0.15) is 5.26 Å². The van der Waals surface area contributed by atoms with E-state index in [2.05, 4.69) is 26.7 Å². The van der Waals surface area contributed by atoms with Crippen molar-refractivity contribution in [3.05, 3.63) is 28.2 Å². The molecule has 1 unspecified atom stereocenters. The van der Waals surface area contributed by atoms with Crippen LogP contribution in [0.15, 0.2) is 22.7 Å². The smallest absolute Gasteiger partial charge is 0.235 e. The van der Waals surface area contributed by atoms with Crippen LogP contribution in [0.2, 0.25) is 0 Å². The molecule has 10 heteroatoms. The lowest BCUT2D eigenvalue weighted by Crippen LogP contribution is -2.58. The number of anilines is 1. The first-order valence-electron chi connectivity index (χ1n) is 10.0. The molecule has 2 bridgehead atoms. The number of nitriles is 1. The van der Waals surface area contributed by atoms with Crippen molar-refractivity contribution in [1.29, 1.82) is 5.26 Å². The van der Waals surface area contributed by atoms with E-state index >= 15 is 0 Å². The van der Waals surface area contributed by atoms with E-state index in [4.69, 9.17) is 9.47 Å². The summed E-state index contributed by atoms with van der Waals surface area (Å²) in [5, 5.41) is 9.20. The number of rotatable bonds is 4. The zero-order chi connectivity index (χ0) is 21.5. The molecule has 8 nitrogen and oxygen atoms in total. The van der Waals surface area contributed by atoms with Crippen molar-refractivity contribution in [2.24, 2.45) is 11.8 Å². The van der Waals surface area contributed by atoms with Crippen LogP contribution in [0.25, 0.3) is 0 Å². The first kappa shape index (κ1) is 20.4. The van der Waals surface area contributed by atoms with Crippen molar-refractivity contribution in [2.45, 2.75) is 50.2 Å². The molecule has 4 saturated heterocycles. The van der Waals surface area contributed by atoms with Gasteiger partial charge in [-0.25, -0.2) is 13.1 Å². The number of halogens is 1. The highest BCUT2D eigenvalue weighted by Crippen LogP contribution is 2.65. The number of sulfonamides is 1. The van der Waals surface area contributed by atoms with Gasteiger partial charge in [0.15, 0.2) is 0 Å². The number of hydrogen-bond donors (Lipinski definition) is 1. The van der Waals surface area contributed by atoms with Gasteiger partial charge in [0, 0.05) is 22.5 Å². The van der Waals surface area contributed by atoms with Crippen LogP contribution in [0.4, 0.5) is 5.69 Å². The molecular formula is C20H22BrN3O5S. The van der Waals surface area contributed by atoms with Crippen molar-refractivity contribution in [3.8, 4) is 6.07 Å². The Balaban J connectivity index is 1.56. The lowest BCUT2D eigenvalue weighted by molar-refractivity contribution is -0.139. The molecule has 0 aliphatic carbocycles. The van der Waals surface area contributed by atoms with E-state index in [0.717, 1.165) is 0 Å². The number of carbonyl (C=O) groups excluding carboxylic acids is 1. The van der Waals surface area contributed by atoms with E-state index in [9.17, 15) is 18.5 Å². The SMILES string of the molecule is CCS(=O)(=O)N[C@H]1CC23CCO[C@H]4[C@@H]2[C@H](C(=O)N4c2ccc(C#N)c(Br)c2)[C@]1(C)O3. The Hall–Kier alpha value is -1.51. The second-order valence-corrected chi connectivity index (χ2v) is 11.5. The molecule has 30 heavy (non-hydrogen) atoms. The van der Waals surface area contributed by atoms with E-state index < -0.39 is 39.4 Å². The zero-order valence-corrected chi connectivity index (χ0v) is 19.0. The molecule has 1 aromatic rings. The fourth-order valence-corrected chi connectivity index (χ4v) is 7.20. The molecule has 0 radical (unpaired) electrons. The Morgan fingerprint density at radius 1 is 1.43 bits per heavy atom. The third kappa shape index (κ3) is 2.59. The minimum absolute atomic E-state index is 0.0221. The fraction of sp³-hybridized carbons (Fsp3) is 0.600. The monoisotopic (exact) mass is 495 g/mol. The van der Waals surface area contributed by atoms with E-state index in [-0.39, 0.29) is 17.6 Å². The maximum absolute atomic E-state index is 13.7. The molecule has 0 saturated carbocycles. The van der Waals surface area contributed by atoms with Gasteiger partial charge in [-0.3, -0.25) is 9.69 Å². The second kappa shape index (κ2) is 6.50. The van der Waals surface area contributed by atoms with Crippen LogP contribution in [0.5, 0.6) is 0 Å². The van der Waals surface area contributed by atoms with E-state index in [1.165, 1.54) is 0 Å². The normalized spacial score (nSPS) is 39.3. The van der Waals surface area contributed by atoms with Crippen molar-refractivity contribution >= 4 is 37.5 Å². The number of ether oxygens (including phenoxy) is 2. The quantitative estimate of drug-likeness (QED) is 0.682. The molecule has 5 rings (SSSR count). The summed E-state index contributed by atoms with van der Waals surface area (Å²) in [6.45, 7) is 3.87. The first-order valence-corrected chi connectivity index (χ1v) is 12.4. The third-order valence-corrected chi connectivity index (χ3v) is 9.24. The van der Waals surface area contributed by atoms with Crippen LogP contribution in [0.1, 0.15) is 32.3 Å². The van der Waals surface area contributed by atoms with Crippen LogP contribution < -0.4 is 9.62 Å². The molecule has 1 aromatic carbocycles. The summed E-state index contributed by atoms with van der Waals surface area (Å²) in [5.74, 6) is -0.824.